The Labute approximate surface area is 269 Å². The molecule has 236 valence electrons. The fourth-order valence-corrected chi connectivity index (χ4v) is 6.44. The highest BCUT2D eigenvalue weighted by Crippen LogP contribution is 2.46. The smallest absolute Gasteiger partial charge is 0.238 e. The number of anilines is 3. The third-order valence-corrected chi connectivity index (χ3v) is 8.90. The minimum absolute atomic E-state index is 0.00277. The molecule has 10 nitrogen and oxygen atoms in total. The van der Waals surface area contributed by atoms with Crippen molar-refractivity contribution >= 4 is 39.2 Å². The number of halogens is 1. The summed E-state index contributed by atoms with van der Waals surface area (Å²) in [4.78, 5) is 32.2. The van der Waals surface area contributed by atoms with Gasteiger partial charge in [-0.1, -0.05) is 0 Å². The maximum absolute atomic E-state index is 13.9. The van der Waals surface area contributed by atoms with Crippen molar-refractivity contribution in [1.82, 2.24) is 20.3 Å². The lowest BCUT2D eigenvalue weighted by Gasteiger charge is -2.35. The predicted octanol–water partition coefficient (Wildman–Crippen LogP) is 5.66. The number of pyridine rings is 1. The molecule has 2 aliphatic rings. The molecule has 0 unspecified atom stereocenters. The van der Waals surface area contributed by atoms with Gasteiger partial charge in [0.05, 0.1) is 43.1 Å². The van der Waals surface area contributed by atoms with Crippen LogP contribution in [0.25, 0.3) is 0 Å². The molecule has 1 aromatic carbocycles. The van der Waals surface area contributed by atoms with E-state index < -0.39 is 5.41 Å². The van der Waals surface area contributed by atoms with Crippen molar-refractivity contribution in [2.45, 2.75) is 70.9 Å². The van der Waals surface area contributed by atoms with Gasteiger partial charge >= 0.3 is 0 Å². The molecule has 0 spiro atoms. The van der Waals surface area contributed by atoms with Crippen LogP contribution in [0.4, 0.5) is 17.3 Å². The molecule has 0 bridgehead atoms. The highest BCUT2D eigenvalue weighted by atomic mass is 79.9. The number of carbonyl (C=O) groups is 1. The predicted molar refractivity (Wildman–Crippen MR) is 178 cm³/mol. The molecule has 5 rings (SSSR count). The van der Waals surface area contributed by atoms with Crippen LogP contribution < -0.4 is 29.9 Å². The largest absolute Gasteiger partial charge is 0.497 e. The van der Waals surface area contributed by atoms with Gasteiger partial charge in [-0.3, -0.25) is 9.69 Å². The number of nitrogens with one attached hydrogen (secondary N) is 2. The lowest BCUT2D eigenvalue weighted by molar-refractivity contribution is -0.122. The van der Waals surface area contributed by atoms with Crippen LogP contribution in [-0.4, -0.2) is 66.8 Å². The molecule has 1 fully saturated rings. The highest BCUT2D eigenvalue weighted by Gasteiger charge is 2.48. The average Bonchev–Trinajstić information content (AvgIpc) is 3.20. The van der Waals surface area contributed by atoms with Gasteiger partial charge in [0.2, 0.25) is 5.91 Å². The second-order valence-electron chi connectivity index (χ2n) is 13.0. The van der Waals surface area contributed by atoms with E-state index in [-0.39, 0.29) is 11.4 Å². The number of rotatable bonds is 10. The summed E-state index contributed by atoms with van der Waals surface area (Å²) >= 11 is 3.59. The van der Waals surface area contributed by atoms with E-state index in [4.69, 9.17) is 19.4 Å². The number of piperidine rings is 1. The van der Waals surface area contributed by atoms with E-state index in [0.717, 1.165) is 71.9 Å². The Morgan fingerprint density at radius 3 is 2.43 bits per heavy atom. The van der Waals surface area contributed by atoms with Gasteiger partial charge in [0.25, 0.3) is 0 Å². The van der Waals surface area contributed by atoms with Crippen LogP contribution >= 0.6 is 15.9 Å². The van der Waals surface area contributed by atoms with Crippen molar-refractivity contribution in [2.75, 3.05) is 55.5 Å². The second kappa shape index (κ2) is 12.9. The molecule has 4 heterocycles. The van der Waals surface area contributed by atoms with Crippen molar-refractivity contribution in [3.63, 3.8) is 0 Å². The van der Waals surface area contributed by atoms with Gasteiger partial charge in [-0.05, 0) is 87.7 Å². The van der Waals surface area contributed by atoms with E-state index in [0.29, 0.717) is 29.8 Å². The van der Waals surface area contributed by atoms with Gasteiger partial charge in [0.15, 0.2) is 0 Å². The third kappa shape index (κ3) is 6.63. The lowest BCUT2D eigenvalue weighted by Crippen LogP contribution is -2.39. The molecule has 44 heavy (non-hydrogen) atoms. The Morgan fingerprint density at radius 2 is 1.75 bits per heavy atom. The number of methoxy groups -OCH3 is 2. The number of amides is 1. The molecule has 0 aliphatic carbocycles. The van der Waals surface area contributed by atoms with Gasteiger partial charge in [0.1, 0.15) is 34.1 Å². The van der Waals surface area contributed by atoms with Gasteiger partial charge in [-0.2, -0.15) is 0 Å². The minimum atomic E-state index is -0.771. The highest BCUT2D eigenvalue weighted by molar-refractivity contribution is 9.10. The van der Waals surface area contributed by atoms with E-state index >= 15 is 0 Å². The van der Waals surface area contributed by atoms with E-state index in [1.54, 1.807) is 25.4 Å². The van der Waals surface area contributed by atoms with Crippen LogP contribution in [0.3, 0.4) is 0 Å². The van der Waals surface area contributed by atoms with Crippen molar-refractivity contribution in [2.24, 2.45) is 0 Å². The van der Waals surface area contributed by atoms with Crippen molar-refractivity contribution in [3.05, 3.63) is 58.1 Å². The van der Waals surface area contributed by atoms with Gasteiger partial charge in [-0.15, -0.1) is 0 Å². The average molecular weight is 667 g/mol. The summed E-state index contributed by atoms with van der Waals surface area (Å²) in [5, 5.41) is 7.14. The van der Waals surface area contributed by atoms with Gasteiger partial charge in [-0.25, -0.2) is 15.0 Å². The number of fused-ring (bicyclic) bond motifs is 1. The van der Waals surface area contributed by atoms with Crippen LogP contribution in [0.2, 0.25) is 0 Å². The van der Waals surface area contributed by atoms with Crippen LogP contribution in [0.5, 0.6) is 11.5 Å². The minimum Gasteiger partial charge on any atom is -0.497 e. The van der Waals surface area contributed by atoms with E-state index in [9.17, 15) is 4.79 Å². The summed E-state index contributed by atoms with van der Waals surface area (Å²) in [6.07, 6.45) is 3.44. The number of carbonyl (C=O) groups excluding carboxylic acids is 1. The Kier molecular flexibility index (Phi) is 9.36. The number of hydrogen-bond acceptors (Lipinski definition) is 9. The zero-order valence-electron chi connectivity index (χ0n) is 26.8. The SMILES string of the molecule is COc1ccc(CN2C(=O)C(C)(C)c3c(N4CCC(c5nc(Br)ccc5NCCNC(C)(C)C)CC4)ncnc32)c(OC)c1. The maximum atomic E-state index is 13.9. The van der Waals surface area contributed by atoms with E-state index in [1.807, 2.05) is 38.1 Å². The summed E-state index contributed by atoms with van der Waals surface area (Å²) in [7, 11) is 3.25. The first-order valence-corrected chi connectivity index (χ1v) is 16.0. The Morgan fingerprint density at radius 1 is 1.02 bits per heavy atom. The maximum Gasteiger partial charge on any atom is 0.238 e. The number of ether oxygens (including phenoxy) is 2. The molecule has 1 saturated heterocycles. The number of nitrogens with zero attached hydrogens (tertiary/aromatic N) is 5. The Bertz CT molecular complexity index is 1500. The van der Waals surface area contributed by atoms with Gasteiger partial charge < -0.3 is 25.0 Å². The Hall–Kier alpha value is -3.44. The zero-order chi connectivity index (χ0) is 31.6. The fraction of sp³-hybridized carbons (Fsp3) is 0.515. The van der Waals surface area contributed by atoms with E-state index in [1.165, 1.54) is 0 Å². The summed E-state index contributed by atoms with van der Waals surface area (Å²) in [5.74, 6) is 3.17. The van der Waals surface area contributed by atoms with Gasteiger partial charge in [0, 0.05) is 49.3 Å². The molecule has 0 saturated carbocycles. The zero-order valence-corrected chi connectivity index (χ0v) is 28.4. The summed E-state index contributed by atoms with van der Waals surface area (Å²) in [5.41, 5.74) is 3.25. The first kappa shape index (κ1) is 32.0. The molecule has 2 aliphatic heterocycles. The molecule has 0 atom stereocenters. The molecular formula is C33H44BrN7O3. The standard InChI is InChI=1S/C33H44BrN7O3/c1-32(2,3)38-15-14-35-24-10-11-26(34)39-28(24)21-12-16-40(17-13-21)29-27-30(37-20-36-29)41(31(42)33(27,4)5)19-22-8-9-23(43-6)18-25(22)44-7/h8-11,18,20-21,35,38H,12-17,19H2,1-7H3. The normalized spacial score (nSPS) is 16.7. The fourth-order valence-electron chi connectivity index (χ4n) is 6.12. The molecule has 0 radical (unpaired) electrons. The first-order valence-electron chi connectivity index (χ1n) is 15.2. The number of hydrogen-bond donors (Lipinski definition) is 2. The van der Waals surface area contributed by atoms with Crippen molar-refractivity contribution < 1.29 is 14.3 Å². The first-order chi connectivity index (χ1) is 20.9. The molecule has 2 aromatic heterocycles. The van der Waals surface area contributed by atoms with Crippen molar-refractivity contribution in [3.8, 4) is 11.5 Å². The third-order valence-electron chi connectivity index (χ3n) is 8.46. The monoisotopic (exact) mass is 665 g/mol. The summed E-state index contributed by atoms with van der Waals surface area (Å²) < 4.78 is 11.8. The molecule has 11 heteroatoms. The molecule has 3 aromatic rings. The number of benzene rings is 1. The van der Waals surface area contributed by atoms with Crippen LogP contribution in [-0.2, 0) is 16.8 Å². The molecular weight excluding hydrogens is 622 g/mol. The lowest BCUT2D eigenvalue weighted by atomic mass is 9.86. The summed E-state index contributed by atoms with van der Waals surface area (Å²) in [6, 6.07) is 9.76. The molecule has 2 N–H and O–H groups in total. The quantitative estimate of drug-likeness (QED) is 0.210. The van der Waals surface area contributed by atoms with Crippen LogP contribution in [0, 0.1) is 0 Å². The topological polar surface area (TPSA) is 105 Å². The summed E-state index contributed by atoms with van der Waals surface area (Å²) in [6.45, 7) is 14.1. The van der Waals surface area contributed by atoms with Crippen LogP contribution in [0.1, 0.15) is 70.2 Å². The number of aromatic nitrogens is 3. The Balaban J connectivity index is 1.34. The van der Waals surface area contributed by atoms with Crippen molar-refractivity contribution in [1.29, 1.82) is 0 Å². The molecule has 1 amide bonds. The second-order valence-corrected chi connectivity index (χ2v) is 13.8. The van der Waals surface area contributed by atoms with E-state index in [2.05, 4.69) is 63.3 Å². The van der Waals surface area contributed by atoms with Crippen LogP contribution in [0.15, 0.2) is 41.3 Å².